The summed E-state index contributed by atoms with van der Waals surface area (Å²) in [7, 11) is 0. The maximum atomic E-state index is 13.4. The molecule has 0 saturated carbocycles. The van der Waals surface area contributed by atoms with Crippen LogP contribution in [0.3, 0.4) is 0 Å². The highest BCUT2D eigenvalue weighted by molar-refractivity contribution is 7.30. The Labute approximate surface area is 209 Å². The number of nitrogens with zero attached hydrogens (tertiary/aromatic N) is 3. The van der Waals surface area contributed by atoms with E-state index in [2.05, 4.69) is 15.2 Å². The van der Waals surface area contributed by atoms with Crippen LogP contribution in [0.4, 0.5) is 10.8 Å². The van der Waals surface area contributed by atoms with Gasteiger partial charge in [-0.25, -0.2) is 9.97 Å². The second kappa shape index (κ2) is 9.29. The van der Waals surface area contributed by atoms with E-state index in [0.717, 1.165) is 33.3 Å². The van der Waals surface area contributed by atoms with E-state index in [1.807, 2.05) is 30.3 Å². The van der Waals surface area contributed by atoms with Crippen molar-refractivity contribution in [2.24, 2.45) is 0 Å². The van der Waals surface area contributed by atoms with Crippen LogP contribution in [-0.2, 0) is 11.3 Å². The SMILES string of the molecule is Cc1nc2cc(NC(=O)c3sc4nc(N5CCOCC5)sc4c3OCc3ccccc3)ccc2o1. The van der Waals surface area contributed by atoms with Crippen molar-refractivity contribution in [3.63, 3.8) is 0 Å². The van der Waals surface area contributed by atoms with Crippen LogP contribution < -0.4 is 15.0 Å². The Morgan fingerprint density at radius 3 is 2.77 bits per heavy atom. The lowest BCUT2D eigenvalue weighted by Gasteiger charge is -2.25. The molecule has 5 aromatic rings. The number of oxazole rings is 1. The highest BCUT2D eigenvalue weighted by Gasteiger charge is 2.26. The fourth-order valence-corrected chi connectivity index (χ4v) is 6.26. The number of carbonyl (C=O) groups is 1. The number of amides is 1. The summed E-state index contributed by atoms with van der Waals surface area (Å²) >= 11 is 2.91. The molecule has 2 aromatic carbocycles. The average Bonchev–Trinajstić information content (AvgIpc) is 3.55. The van der Waals surface area contributed by atoms with Crippen molar-refractivity contribution in [1.82, 2.24) is 9.97 Å². The molecule has 1 aliphatic rings. The molecule has 1 saturated heterocycles. The predicted molar refractivity (Wildman–Crippen MR) is 138 cm³/mol. The molecule has 0 unspecified atom stereocenters. The van der Waals surface area contributed by atoms with Gasteiger partial charge in [0.2, 0.25) is 0 Å². The van der Waals surface area contributed by atoms with Gasteiger partial charge in [0, 0.05) is 25.7 Å². The summed E-state index contributed by atoms with van der Waals surface area (Å²) in [6.45, 7) is 5.14. The number of nitrogens with one attached hydrogen (secondary N) is 1. The van der Waals surface area contributed by atoms with Crippen molar-refractivity contribution in [2.75, 3.05) is 36.5 Å². The smallest absolute Gasteiger partial charge is 0.269 e. The summed E-state index contributed by atoms with van der Waals surface area (Å²) in [5, 5.41) is 3.92. The zero-order chi connectivity index (χ0) is 23.8. The topological polar surface area (TPSA) is 89.7 Å². The molecule has 10 heteroatoms. The number of rotatable bonds is 6. The summed E-state index contributed by atoms with van der Waals surface area (Å²) in [5.74, 6) is 0.915. The Morgan fingerprint density at radius 1 is 1.11 bits per heavy atom. The number of fused-ring (bicyclic) bond motifs is 2. The molecule has 0 aliphatic carbocycles. The van der Waals surface area contributed by atoms with Gasteiger partial charge in [-0.2, -0.15) is 0 Å². The Kier molecular flexibility index (Phi) is 5.85. The number of carbonyl (C=O) groups excluding carboxylic acids is 1. The van der Waals surface area contributed by atoms with E-state index in [0.29, 0.717) is 53.1 Å². The van der Waals surface area contributed by atoms with E-state index in [4.69, 9.17) is 18.9 Å². The number of thiophene rings is 1. The van der Waals surface area contributed by atoms with E-state index in [9.17, 15) is 4.79 Å². The first-order chi connectivity index (χ1) is 17.1. The lowest BCUT2D eigenvalue weighted by molar-refractivity contribution is 0.102. The van der Waals surface area contributed by atoms with E-state index in [-0.39, 0.29) is 5.91 Å². The van der Waals surface area contributed by atoms with Gasteiger partial charge in [0.15, 0.2) is 22.4 Å². The second-order valence-corrected chi connectivity index (χ2v) is 10.1. The monoisotopic (exact) mass is 506 g/mol. The first-order valence-corrected chi connectivity index (χ1v) is 12.9. The molecule has 1 amide bonds. The predicted octanol–water partition coefficient (Wildman–Crippen LogP) is 5.48. The van der Waals surface area contributed by atoms with Crippen molar-refractivity contribution >= 4 is 60.0 Å². The molecule has 35 heavy (non-hydrogen) atoms. The summed E-state index contributed by atoms with van der Waals surface area (Å²) in [6.07, 6.45) is 0. The Balaban J connectivity index is 1.32. The van der Waals surface area contributed by atoms with Crippen LogP contribution in [0.1, 0.15) is 21.1 Å². The molecule has 0 bridgehead atoms. The summed E-state index contributed by atoms with van der Waals surface area (Å²) in [6, 6.07) is 15.3. The van der Waals surface area contributed by atoms with Crippen molar-refractivity contribution in [2.45, 2.75) is 13.5 Å². The van der Waals surface area contributed by atoms with E-state index < -0.39 is 0 Å². The fourth-order valence-electron chi connectivity index (χ4n) is 3.96. The fraction of sp³-hybridized carbons (Fsp3) is 0.240. The molecular formula is C25H22N4O4S2. The van der Waals surface area contributed by atoms with Gasteiger partial charge in [0.05, 0.1) is 13.2 Å². The van der Waals surface area contributed by atoms with Gasteiger partial charge in [-0.05, 0) is 23.8 Å². The minimum absolute atomic E-state index is 0.240. The zero-order valence-corrected chi connectivity index (χ0v) is 20.6. The standard InChI is InChI=1S/C25H22N4O4S2/c1-15-26-18-13-17(7-8-19(18)33-15)27-23(30)21-20(32-14-16-5-3-2-4-6-16)22-24(34-21)28-25(35-22)29-9-11-31-12-10-29/h2-8,13H,9-12,14H2,1H3,(H,27,30). The first-order valence-electron chi connectivity index (χ1n) is 11.3. The molecule has 4 heterocycles. The van der Waals surface area contributed by atoms with Crippen molar-refractivity contribution < 1.29 is 18.7 Å². The molecule has 3 aromatic heterocycles. The van der Waals surface area contributed by atoms with Crippen molar-refractivity contribution in [3.8, 4) is 5.75 Å². The molecule has 0 radical (unpaired) electrons. The number of aromatic nitrogens is 2. The number of thiazole rings is 1. The van der Waals surface area contributed by atoms with Gasteiger partial charge >= 0.3 is 0 Å². The first kappa shape index (κ1) is 22.0. The number of benzene rings is 2. The van der Waals surface area contributed by atoms with Crippen LogP contribution in [-0.4, -0.2) is 42.2 Å². The lowest BCUT2D eigenvalue weighted by atomic mass is 10.2. The number of anilines is 2. The Hall–Kier alpha value is -3.47. The van der Waals surface area contributed by atoms with Gasteiger partial charge in [0.25, 0.3) is 5.91 Å². The molecule has 0 atom stereocenters. The normalized spacial score (nSPS) is 14.0. The van der Waals surface area contributed by atoms with Gasteiger partial charge in [-0.1, -0.05) is 41.7 Å². The van der Waals surface area contributed by atoms with Crippen LogP contribution in [0.2, 0.25) is 0 Å². The third kappa shape index (κ3) is 4.47. The molecule has 1 aliphatic heterocycles. The second-order valence-electron chi connectivity index (χ2n) is 8.13. The Bertz CT molecular complexity index is 1500. The third-order valence-corrected chi connectivity index (χ3v) is 7.97. The number of ether oxygens (including phenoxy) is 2. The minimum atomic E-state index is -0.240. The van der Waals surface area contributed by atoms with Crippen LogP contribution in [0.25, 0.3) is 20.6 Å². The molecule has 8 nitrogen and oxygen atoms in total. The molecular weight excluding hydrogens is 484 g/mol. The average molecular weight is 507 g/mol. The quantitative estimate of drug-likeness (QED) is 0.326. The van der Waals surface area contributed by atoms with Gasteiger partial charge in [-0.15, -0.1) is 11.3 Å². The number of aryl methyl sites for hydroxylation is 1. The van der Waals surface area contributed by atoms with Crippen LogP contribution in [0.15, 0.2) is 52.9 Å². The highest BCUT2D eigenvalue weighted by atomic mass is 32.1. The van der Waals surface area contributed by atoms with Crippen LogP contribution in [0, 0.1) is 6.92 Å². The van der Waals surface area contributed by atoms with E-state index >= 15 is 0 Å². The van der Waals surface area contributed by atoms with Gasteiger partial charge in [-0.3, -0.25) is 4.79 Å². The molecule has 0 spiro atoms. The van der Waals surface area contributed by atoms with E-state index in [1.54, 1.807) is 36.5 Å². The minimum Gasteiger partial charge on any atom is -0.486 e. The van der Waals surface area contributed by atoms with Crippen LogP contribution >= 0.6 is 22.7 Å². The van der Waals surface area contributed by atoms with Gasteiger partial charge < -0.3 is 24.1 Å². The molecule has 178 valence electrons. The summed E-state index contributed by atoms with van der Waals surface area (Å²) in [4.78, 5) is 26.1. The summed E-state index contributed by atoms with van der Waals surface area (Å²) in [5.41, 5.74) is 3.06. The van der Waals surface area contributed by atoms with Crippen molar-refractivity contribution in [1.29, 1.82) is 0 Å². The highest BCUT2D eigenvalue weighted by Crippen LogP contribution is 2.44. The van der Waals surface area contributed by atoms with E-state index in [1.165, 1.54) is 11.3 Å². The number of hydrogen-bond donors (Lipinski definition) is 1. The maximum Gasteiger partial charge on any atom is 0.269 e. The maximum absolute atomic E-state index is 13.4. The molecule has 6 rings (SSSR count). The Morgan fingerprint density at radius 2 is 1.94 bits per heavy atom. The van der Waals surface area contributed by atoms with Crippen LogP contribution in [0.5, 0.6) is 5.75 Å². The number of hydrogen-bond acceptors (Lipinski definition) is 9. The molecule has 1 fully saturated rings. The zero-order valence-electron chi connectivity index (χ0n) is 18.9. The van der Waals surface area contributed by atoms with Gasteiger partial charge in [0.1, 0.15) is 26.5 Å². The lowest BCUT2D eigenvalue weighted by Crippen LogP contribution is -2.36. The third-order valence-electron chi connectivity index (χ3n) is 5.66. The van der Waals surface area contributed by atoms with Crippen molar-refractivity contribution in [3.05, 3.63) is 64.9 Å². The number of morpholine rings is 1. The summed E-state index contributed by atoms with van der Waals surface area (Å²) < 4.78 is 18.2. The largest absolute Gasteiger partial charge is 0.486 e. The molecule has 1 N–H and O–H groups in total.